The van der Waals surface area contributed by atoms with E-state index in [4.69, 9.17) is 5.73 Å². The lowest BCUT2D eigenvalue weighted by molar-refractivity contribution is -0.122. The van der Waals surface area contributed by atoms with Crippen molar-refractivity contribution in [1.82, 2.24) is 5.32 Å². The Morgan fingerprint density at radius 3 is 2.40 bits per heavy atom. The smallest absolute Gasteiger partial charge is 0.220 e. The van der Waals surface area contributed by atoms with Crippen LogP contribution in [0.1, 0.15) is 32.1 Å². The summed E-state index contributed by atoms with van der Waals surface area (Å²) in [6.45, 7) is 0. The lowest BCUT2D eigenvalue weighted by Gasteiger charge is -2.29. The molecule has 4 heteroatoms. The van der Waals surface area contributed by atoms with E-state index in [9.17, 15) is 4.79 Å². The Bertz CT molecular complexity index is 221. The number of carbonyl (C=O) groups excluding carboxylic acids is 1. The monoisotopic (exact) mass is 228 g/mol. The van der Waals surface area contributed by atoms with E-state index in [1.165, 1.54) is 17.9 Å². The molecule has 1 atom stereocenters. The molecule has 0 spiro atoms. The maximum atomic E-state index is 11.0. The van der Waals surface area contributed by atoms with E-state index in [0.29, 0.717) is 12.1 Å². The van der Waals surface area contributed by atoms with Gasteiger partial charge in [-0.2, -0.15) is 11.8 Å². The van der Waals surface area contributed by atoms with E-state index in [0.717, 1.165) is 25.7 Å². The molecule has 1 amide bonds. The summed E-state index contributed by atoms with van der Waals surface area (Å²) in [6.07, 6.45) is 5.50. The highest BCUT2D eigenvalue weighted by atomic mass is 32.2. The Hall–Kier alpha value is -0.220. The first kappa shape index (κ1) is 11.3. The molecule has 1 saturated heterocycles. The van der Waals surface area contributed by atoms with E-state index in [-0.39, 0.29) is 11.8 Å². The fourth-order valence-electron chi connectivity index (χ4n) is 2.54. The van der Waals surface area contributed by atoms with Gasteiger partial charge in [0.15, 0.2) is 0 Å². The zero-order valence-electron chi connectivity index (χ0n) is 9.08. The summed E-state index contributed by atoms with van der Waals surface area (Å²) in [6, 6.07) is 1.34. The van der Waals surface area contributed by atoms with Crippen molar-refractivity contribution in [3.8, 4) is 0 Å². The van der Waals surface area contributed by atoms with Gasteiger partial charge in [-0.3, -0.25) is 4.79 Å². The van der Waals surface area contributed by atoms with Crippen molar-refractivity contribution in [3.63, 3.8) is 0 Å². The predicted octanol–water partition coefficient (Wildman–Crippen LogP) is 1.13. The van der Waals surface area contributed by atoms with Crippen molar-refractivity contribution in [2.24, 2.45) is 11.7 Å². The molecule has 86 valence electrons. The van der Waals surface area contributed by atoms with Crippen LogP contribution in [-0.4, -0.2) is 29.5 Å². The molecule has 0 aromatic carbocycles. The second-order valence-corrected chi connectivity index (χ2v) is 5.83. The van der Waals surface area contributed by atoms with Crippen molar-refractivity contribution < 1.29 is 4.79 Å². The highest BCUT2D eigenvalue weighted by molar-refractivity contribution is 7.99. The lowest BCUT2D eigenvalue weighted by atomic mass is 9.85. The van der Waals surface area contributed by atoms with Gasteiger partial charge in [-0.15, -0.1) is 0 Å². The van der Waals surface area contributed by atoms with Gasteiger partial charge in [0, 0.05) is 23.8 Å². The van der Waals surface area contributed by atoms with E-state index in [2.05, 4.69) is 5.32 Å². The van der Waals surface area contributed by atoms with Crippen LogP contribution < -0.4 is 11.1 Å². The first-order valence-corrected chi connectivity index (χ1v) is 7.04. The summed E-state index contributed by atoms with van der Waals surface area (Å²) in [4.78, 5) is 11.0. The number of nitrogens with two attached hydrogens (primary N) is 1. The number of thioether (sulfide) groups is 1. The van der Waals surface area contributed by atoms with Crippen LogP contribution >= 0.6 is 11.8 Å². The minimum Gasteiger partial charge on any atom is -0.369 e. The van der Waals surface area contributed by atoms with E-state index in [1.54, 1.807) is 0 Å². The molecule has 1 aliphatic heterocycles. The summed E-state index contributed by atoms with van der Waals surface area (Å²) in [5, 5.41) is 3.70. The van der Waals surface area contributed by atoms with E-state index in [1.807, 2.05) is 11.8 Å². The van der Waals surface area contributed by atoms with Gasteiger partial charge in [0.1, 0.15) is 0 Å². The number of nitrogens with one attached hydrogen (secondary N) is 1. The lowest BCUT2D eigenvalue weighted by Crippen LogP contribution is -2.42. The van der Waals surface area contributed by atoms with Crippen molar-refractivity contribution in [2.45, 2.75) is 44.2 Å². The third-order valence-corrected chi connectivity index (χ3v) is 4.69. The molecule has 0 bridgehead atoms. The van der Waals surface area contributed by atoms with Crippen LogP contribution in [0.25, 0.3) is 0 Å². The minimum absolute atomic E-state index is 0.107. The third-order valence-electron chi connectivity index (χ3n) is 3.53. The standard InChI is InChI=1S/C11H20N2OS/c12-11(14)8-1-3-9(4-2-8)13-10-5-6-15-7-10/h8-10,13H,1-7H2,(H2,12,14). The molecule has 0 radical (unpaired) electrons. The maximum Gasteiger partial charge on any atom is 0.220 e. The normalized spacial score (nSPS) is 36.7. The number of hydrogen-bond acceptors (Lipinski definition) is 3. The fourth-order valence-corrected chi connectivity index (χ4v) is 3.71. The van der Waals surface area contributed by atoms with Gasteiger partial charge in [-0.05, 0) is 37.9 Å². The Balaban J connectivity index is 1.71. The SMILES string of the molecule is NC(=O)C1CCC(NC2CCSC2)CC1. The van der Waals surface area contributed by atoms with Crippen LogP contribution in [0.2, 0.25) is 0 Å². The molecule has 3 nitrogen and oxygen atoms in total. The summed E-state index contributed by atoms with van der Waals surface area (Å²) in [5.41, 5.74) is 5.31. The second-order valence-electron chi connectivity index (χ2n) is 4.68. The van der Waals surface area contributed by atoms with Gasteiger partial charge in [0.25, 0.3) is 0 Å². The van der Waals surface area contributed by atoms with Crippen LogP contribution in [0.4, 0.5) is 0 Å². The van der Waals surface area contributed by atoms with Gasteiger partial charge < -0.3 is 11.1 Å². The Labute approximate surface area is 95.6 Å². The van der Waals surface area contributed by atoms with Crippen molar-refractivity contribution in [3.05, 3.63) is 0 Å². The maximum absolute atomic E-state index is 11.0. The molecule has 2 fully saturated rings. The van der Waals surface area contributed by atoms with E-state index >= 15 is 0 Å². The zero-order valence-corrected chi connectivity index (χ0v) is 9.89. The highest BCUT2D eigenvalue weighted by Crippen LogP contribution is 2.26. The number of primary amides is 1. The van der Waals surface area contributed by atoms with Crippen LogP contribution in [0, 0.1) is 5.92 Å². The highest BCUT2D eigenvalue weighted by Gasteiger charge is 2.26. The Morgan fingerprint density at radius 1 is 1.13 bits per heavy atom. The van der Waals surface area contributed by atoms with Crippen molar-refractivity contribution >= 4 is 17.7 Å². The predicted molar refractivity (Wildman–Crippen MR) is 63.8 cm³/mol. The van der Waals surface area contributed by atoms with Crippen LogP contribution in [0.15, 0.2) is 0 Å². The molecule has 2 aliphatic rings. The first-order chi connectivity index (χ1) is 7.25. The topological polar surface area (TPSA) is 55.1 Å². The molecule has 1 heterocycles. The fraction of sp³-hybridized carbons (Fsp3) is 0.909. The van der Waals surface area contributed by atoms with Gasteiger partial charge in [0.05, 0.1) is 0 Å². The third kappa shape index (κ3) is 3.11. The largest absolute Gasteiger partial charge is 0.369 e. The molecule has 2 rings (SSSR count). The second kappa shape index (κ2) is 5.21. The zero-order chi connectivity index (χ0) is 10.7. The molecule has 0 aromatic rings. The molecular weight excluding hydrogens is 208 g/mol. The summed E-state index contributed by atoms with van der Waals surface area (Å²) >= 11 is 2.04. The summed E-state index contributed by atoms with van der Waals surface area (Å²) in [5.74, 6) is 2.59. The molecule has 3 N–H and O–H groups in total. The molecule has 1 unspecified atom stereocenters. The summed E-state index contributed by atoms with van der Waals surface area (Å²) < 4.78 is 0. The van der Waals surface area contributed by atoms with Crippen LogP contribution in [0.3, 0.4) is 0 Å². The number of carbonyl (C=O) groups is 1. The first-order valence-electron chi connectivity index (χ1n) is 5.89. The van der Waals surface area contributed by atoms with Gasteiger partial charge in [-0.25, -0.2) is 0 Å². The Kier molecular flexibility index (Phi) is 3.92. The number of hydrogen-bond donors (Lipinski definition) is 2. The van der Waals surface area contributed by atoms with Gasteiger partial charge in [-0.1, -0.05) is 0 Å². The number of amides is 1. The molecule has 15 heavy (non-hydrogen) atoms. The van der Waals surface area contributed by atoms with Gasteiger partial charge >= 0.3 is 0 Å². The van der Waals surface area contributed by atoms with Crippen molar-refractivity contribution in [2.75, 3.05) is 11.5 Å². The average Bonchev–Trinajstić information content (AvgIpc) is 2.71. The summed E-state index contributed by atoms with van der Waals surface area (Å²) in [7, 11) is 0. The quantitative estimate of drug-likeness (QED) is 0.761. The Morgan fingerprint density at radius 2 is 1.87 bits per heavy atom. The molecule has 0 aromatic heterocycles. The molecular formula is C11H20N2OS. The van der Waals surface area contributed by atoms with Crippen LogP contribution in [-0.2, 0) is 4.79 Å². The molecule has 1 saturated carbocycles. The minimum atomic E-state index is -0.107. The average molecular weight is 228 g/mol. The van der Waals surface area contributed by atoms with Crippen LogP contribution in [0.5, 0.6) is 0 Å². The van der Waals surface area contributed by atoms with Gasteiger partial charge in [0.2, 0.25) is 5.91 Å². The number of rotatable bonds is 3. The van der Waals surface area contributed by atoms with Crippen molar-refractivity contribution in [1.29, 1.82) is 0 Å². The van der Waals surface area contributed by atoms with E-state index < -0.39 is 0 Å². The molecule has 1 aliphatic carbocycles.